The van der Waals surface area contributed by atoms with Gasteiger partial charge in [-0.2, -0.15) is 0 Å². The molecule has 5 rings (SSSR count). The number of hydrogen-bond acceptors (Lipinski definition) is 7. The lowest BCUT2D eigenvalue weighted by Gasteiger charge is -2.22. The highest BCUT2D eigenvalue weighted by atomic mass is 16.5. The average Bonchev–Trinajstić information content (AvgIpc) is 3.17. The molecule has 1 aliphatic rings. The van der Waals surface area contributed by atoms with Gasteiger partial charge >= 0.3 is 0 Å². The van der Waals surface area contributed by atoms with E-state index in [2.05, 4.69) is 0 Å². The van der Waals surface area contributed by atoms with E-state index in [0.29, 0.717) is 28.0 Å². The molecule has 7 heteroatoms. The maximum atomic E-state index is 10.6. The summed E-state index contributed by atoms with van der Waals surface area (Å²) in [6.07, 6.45) is 2.83. The predicted molar refractivity (Wildman–Crippen MR) is 130 cm³/mol. The van der Waals surface area contributed by atoms with Crippen molar-refractivity contribution in [3.63, 3.8) is 0 Å². The Balaban J connectivity index is 1.69. The first-order chi connectivity index (χ1) is 16.8. The van der Waals surface area contributed by atoms with E-state index in [1.165, 1.54) is 36.4 Å². The van der Waals surface area contributed by atoms with Crippen LogP contribution >= 0.6 is 0 Å². The Labute approximate surface area is 200 Å². The Kier molecular flexibility index (Phi) is 5.37. The molecule has 2 atom stereocenters. The summed E-state index contributed by atoms with van der Waals surface area (Å²) in [6, 6.07) is 18.1. The molecule has 0 fully saturated rings. The van der Waals surface area contributed by atoms with E-state index in [9.17, 15) is 30.6 Å². The molecule has 7 nitrogen and oxygen atoms in total. The van der Waals surface area contributed by atoms with Gasteiger partial charge in [0.05, 0.1) is 5.92 Å². The molecule has 0 bridgehead atoms. The summed E-state index contributed by atoms with van der Waals surface area (Å²) in [5, 5.41) is 60.6. The van der Waals surface area contributed by atoms with Gasteiger partial charge in [0.1, 0.15) is 46.4 Å². The zero-order chi connectivity index (χ0) is 24.7. The summed E-state index contributed by atoms with van der Waals surface area (Å²) < 4.78 is 6.22. The fraction of sp³-hybridized carbons (Fsp3) is 0.0714. The van der Waals surface area contributed by atoms with Gasteiger partial charge in [-0.1, -0.05) is 24.3 Å². The molecule has 0 saturated heterocycles. The monoisotopic (exact) mass is 470 g/mol. The van der Waals surface area contributed by atoms with Crippen molar-refractivity contribution in [3.05, 3.63) is 101 Å². The third kappa shape index (κ3) is 4.27. The second-order valence-corrected chi connectivity index (χ2v) is 8.41. The first kappa shape index (κ1) is 22.0. The van der Waals surface area contributed by atoms with Crippen LogP contribution in [0.1, 0.15) is 39.8 Å². The molecule has 0 saturated carbocycles. The Hall–Kier alpha value is -4.78. The van der Waals surface area contributed by atoms with Crippen LogP contribution in [0.4, 0.5) is 0 Å². The average molecular weight is 470 g/mol. The van der Waals surface area contributed by atoms with E-state index < -0.39 is 12.0 Å². The van der Waals surface area contributed by atoms with Crippen LogP contribution in [0.25, 0.3) is 12.2 Å². The number of rotatable bonds is 4. The molecule has 0 aliphatic carbocycles. The first-order valence-corrected chi connectivity index (χ1v) is 10.8. The largest absolute Gasteiger partial charge is 0.508 e. The molecule has 0 spiro atoms. The quantitative estimate of drug-likeness (QED) is 0.222. The number of benzene rings is 4. The standard InChI is InChI=1S/C28H22O7/c29-18-5-2-15(3-6-18)1-4-16-9-22(33)14-25-26(16)27(17-10-20(31)12-21(32)11-17)28(35-25)23-8-7-19(30)13-24(23)34/h1-14,27-34H. The van der Waals surface area contributed by atoms with E-state index in [4.69, 9.17) is 4.74 Å². The van der Waals surface area contributed by atoms with E-state index in [-0.39, 0.29) is 34.5 Å². The van der Waals surface area contributed by atoms with Crippen LogP contribution in [0.5, 0.6) is 40.2 Å². The van der Waals surface area contributed by atoms with Crippen LogP contribution in [0.2, 0.25) is 0 Å². The van der Waals surface area contributed by atoms with Crippen molar-refractivity contribution >= 4 is 12.2 Å². The third-order valence-corrected chi connectivity index (χ3v) is 5.98. The van der Waals surface area contributed by atoms with Gasteiger partial charge in [-0.15, -0.1) is 0 Å². The second kappa shape index (κ2) is 8.53. The Morgan fingerprint density at radius 1 is 0.600 bits per heavy atom. The number of phenolic OH excluding ortho intramolecular Hbond substituents is 6. The molecular formula is C28H22O7. The SMILES string of the molecule is Oc1ccc(C=Cc2cc(O)cc3c2C(c2cc(O)cc(O)c2)C(c2ccc(O)cc2O)O3)cc1. The van der Waals surface area contributed by atoms with Gasteiger partial charge in [0.25, 0.3) is 0 Å². The molecule has 0 aromatic heterocycles. The van der Waals surface area contributed by atoms with Gasteiger partial charge in [-0.05, 0) is 59.2 Å². The van der Waals surface area contributed by atoms with E-state index in [0.717, 1.165) is 5.56 Å². The van der Waals surface area contributed by atoms with Crippen LogP contribution in [0.15, 0.2) is 72.8 Å². The van der Waals surface area contributed by atoms with Crippen LogP contribution in [0, 0.1) is 0 Å². The summed E-state index contributed by atoms with van der Waals surface area (Å²) in [4.78, 5) is 0. The first-order valence-electron chi connectivity index (χ1n) is 10.8. The number of phenols is 6. The summed E-state index contributed by atoms with van der Waals surface area (Å²) >= 11 is 0. The molecule has 1 aliphatic heterocycles. The molecule has 176 valence electrons. The lowest BCUT2D eigenvalue weighted by atomic mass is 9.82. The highest BCUT2D eigenvalue weighted by molar-refractivity contribution is 5.75. The third-order valence-electron chi connectivity index (χ3n) is 5.98. The molecule has 0 radical (unpaired) electrons. The van der Waals surface area contributed by atoms with Gasteiger partial charge in [0.15, 0.2) is 0 Å². The van der Waals surface area contributed by atoms with E-state index in [1.54, 1.807) is 42.5 Å². The fourth-order valence-electron chi connectivity index (χ4n) is 4.48. The maximum absolute atomic E-state index is 10.6. The number of fused-ring (bicyclic) bond motifs is 1. The van der Waals surface area contributed by atoms with Gasteiger partial charge in [-0.3, -0.25) is 0 Å². The molecule has 35 heavy (non-hydrogen) atoms. The highest BCUT2D eigenvalue weighted by Crippen LogP contribution is 2.54. The molecular weight excluding hydrogens is 448 g/mol. The van der Waals surface area contributed by atoms with Crippen molar-refractivity contribution in [2.75, 3.05) is 0 Å². The molecule has 6 N–H and O–H groups in total. The van der Waals surface area contributed by atoms with Crippen molar-refractivity contribution in [2.24, 2.45) is 0 Å². The minimum atomic E-state index is -0.783. The highest BCUT2D eigenvalue weighted by Gasteiger charge is 2.40. The summed E-state index contributed by atoms with van der Waals surface area (Å²) in [7, 11) is 0. The van der Waals surface area contributed by atoms with Crippen molar-refractivity contribution in [1.82, 2.24) is 0 Å². The number of hydrogen-bond donors (Lipinski definition) is 6. The lowest BCUT2D eigenvalue weighted by Crippen LogP contribution is -2.12. The van der Waals surface area contributed by atoms with Crippen LogP contribution < -0.4 is 4.74 Å². The van der Waals surface area contributed by atoms with Gasteiger partial charge in [-0.25, -0.2) is 0 Å². The summed E-state index contributed by atoms with van der Waals surface area (Å²) in [5.41, 5.74) is 3.04. The fourth-order valence-corrected chi connectivity index (χ4v) is 4.48. The number of aromatic hydroxyl groups is 6. The van der Waals surface area contributed by atoms with Gasteiger partial charge in [0, 0.05) is 29.3 Å². The molecule has 0 amide bonds. The molecule has 2 unspecified atom stereocenters. The normalized spacial score (nSPS) is 16.8. The smallest absolute Gasteiger partial charge is 0.138 e. The van der Waals surface area contributed by atoms with Crippen LogP contribution in [-0.2, 0) is 0 Å². The molecule has 4 aromatic rings. The minimum Gasteiger partial charge on any atom is -0.508 e. The summed E-state index contributed by atoms with van der Waals surface area (Å²) in [5.74, 6) is -0.647. The predicted octanol–water partition coefficient (Wildman–Crippen LogP) is 5.36. The van der Waals surface area contributed by atoms with Crippen LogP contribution in [0.3, 0.4) is 0 Å². The Morgan fingerprint density at radius 2 is 1.26 bits per heavy atom. The maximum Gasteiger partial charge on any atom is 0.138 e. The summed E-state index contributed by atoms with van der Waals surface area (Å²) in [6.45, 7) is 0. The van der Waals surface area contributed by atoms with Crippen molar-refractivity contribution < 1.29 is 35.4 Å². The second-order valence-electron chi connectivity index (χ2n) is 8.41. The van der Waals surface area contributed by atoms with Crippen molar-refractivity contribution in [1.29, 1.82) is 0 Å². The zero-order valence-electron chi connectivity index (χ0n) is 18.3. The van der Waals surface area contributed by atoms with Crippen molar-refractivity contribution in [2.45, 2.75) is 12.0 Å². The molecule has 4 aromatic carbocycles. The Morgan fingerprint density at radius 3 is 1.94 bits per heavy atom. The van der Waals surface area contributed by atoms with Gasteiger partial charge in [0.2, 0.25) is 0 Å². The number of ether oxygens (including phenoxy) is 1. The van der Waals surface area contributed by atoms with E-state index >= 15 is 0 Å². The van der Waals surface area contributed by atoms with E-state index in [1.807, 2.05) is 6.08 Å². The van der Waals surface area contributed by atoms with Crippen LogP contribution in [-0.4, -0.2) is 30.6 Å². The van der Waals surface area contributed by atoms with Crippen molar-refractivity contribution in [3.8, 4) is 40.2 Å². The lowest BCUT2D eigenvalue weighted by molar-refractivity contribution is 0.216. The minimum absolute atomic E-state index is 0.0257. The Bertz CT molecular complexity index is 1420. The van der Waals surface area contributed by atoms with Gasteiger partial charge < -0.3 is 35.4 Å². The molecule has 1 heterocycles. The topological polar surface area (TPSA) is 131 Å². The zero-order valence-corrected chi connectivity index (χ0v) is 18.3.